The molecular formula is C6H6ClNO. The molecule has 2 nitrogen and oxygen atoms in total. The fraction of sp³-hybridized carbons (Fsp3) is 0.167. The SMILES string of the molecule is [2H]c1cc(Cl)c(C)c([2H])[n+]1[O-]. The van der Waals surface area contributed by atoms with E-state index in [0.29, 0.717) is 5.56 Å². The summed E-state index contributed by atoms with van der Waals surface area (Å²) in [7, 11) is 0. The fourth-order valence-electron chi connectivity index (χ4n) is 0.462. The molecule has 1 rings (SSSR count). The van der Waals surface area contributed by atoms with Crippen LogP contribution in [0.5, 0.6) is 0 Å². The van der Waals surface area contributed by atoms with Gasteiger partial charge in [0.25, 0.3) is 0 Å². The van der Waals surface area contributed by atoms with E-state index in [2.05, 4.69) is 0 Å². The monoisotopic (exact) mass is 145 g/mol. The molecule has 0 aromatic carbocycles. The number of aromatic nitrogens is 1. The van der Waals surface area contributed by atoms with Crippen LogP contribution < -0.4 is 4.73 Å². The van der Waals surface area contributed by atoms with Crippen molar-refractivity contribution in [3.8, 4) is 0 Å². The summed E-state index contributed by atoms with van der Waals surface area (Å²) in [6.07, 6.45) is -0.562. The molecule has 0 bridgehead atoms. The molecule has 0 radical (unpaired) electrons. The first-order chi connectivity index (χ1) is 5.04. The third-order valence-electron chi connectivity index (χ3n) is 0.936. The Morgan fingerprint density at radius 3 is 3.22 bits per heavy atom. The van der Waals surface area contributed by atoms with E-state index in [1.807, 2.05) is 0 Å². The van der Waals surface area contributed by atoms with Gasteiger partial charge in [0, 0.05) is 11.6 Å². The first-order valence-corrected chi connectivity index (χ1v) is 2.77. The summed E-state index contributed by atoms with van der Waals surface area (Å²) in [5.41, 5.74) is 0.401. The third kappa shape index (κ3) is 1.33. The van der Waals surface area contributed by atoms with Gasteiger partial charge in [0.1, 0.15) is 2.74 Å². The highest BCUT2D eigenvalue weighted by molar-refractivity contribution is 6.31. The lowest BCUT2D eigenvalue weighted by Gasteiger charge is -1.96. The van der Waals surface area contributed by atoms with E-state index in [0.717, 1.165) is 0 Å². The van der Waals surface area contributed by atoms with Crippen molar-refractivity contribution in [3.05, 3.63) is 34.2 Å². The van der Waals surface area contributed by atoms with Crippen molar-refractivity contribution in [2.24, 2.45) is 0 Å². The summed E-state index contributed by atoms with van der Waals surface area (Å²) in [5.74, 6) is 0. The minimum atomic E-state index is -0.300. The summed E-state index contributed by atoms with van der Waals surface area (Å²) in [5, 5.41) is 11.1. The minimum Gasteiger partial charge on any atom is -0.619 e. The van der Waals surface area contributed by atoms with Gasteiger partial charge in [-0.15, -0.1) is 0 Å². The zero-order valence-corrected chi connectivity index (χ0v) is 5.57. The van der Waals surface area contributed by atoms with Crippen molar-refractivity contribution in [1.29, 1.82) is 0 Å². The van der Waals surface area contributed by atoms with Crippen LogP contribution in [-0.2, 0) is 0 Å². The first-order valence-electron chi connectivity index (χ1n) is 3.40. The van der Waals surface area contributed by atoms with Gasteiger partial charge >= 0.3 is 0 Å². The third-order valence-corrected chi connectivity index (χ3v) is 1.33. The summed E-state index contributed by atoms with van der Waals surface area (Å²) in [6.45, 7) is 1.57. The van der Waals surface area contributed by atoms with Crippen molar-refractivity contribution in [1.82, 2.24) is 0 Å². The van der Waals surface area contributed by atoms with E-state index in [-0.39, 0.29) is 22.1 Å². The van der Waals surface area contributed by atoms with E-state index < -0.39 is 0 Å². The van der Waals surface area contributed by atoms with E-state index in [1.54, 1.807) is 6.92 Å². The molecule has 0 saturated carbocycles. The van der Waals surface area contributed by atoms with Crippen LogP contribution in [0.1, 0.15) is 8.30 Å². The highest BCUT2D eigenvalue weighted by Crippen LogP contribution is 2.09. The van der Waals surface area contributed by atoms with Crippen LogP contribution in [-0.4, -0.2) is 0 Å². The Kier molecular flexibility index (Phi) is 1.02. The van der Waals surface area contributed by atoms with Crippen molar-refractivity contribution < 1.29 is 7.47 Å². The summed E-state index contributed by atoms with van der Waals surface area (Å²) < 4.78 is 14.4. The van der Waals surface area contributed by atoms with Gasteiger partial charge < -0.3 is 5.21 Å². The van der Waals surface area contributed by atoms with Crippen LogP contribution in [0.25, 0.3) is 0 Å². The topological polar surface area (TPSA) is 26.9 Å². The maximum absolute atomic E-state index is 10.8. The molecule has 9 heavy (non-hydrogen) atoms. The molecule has 0 aliphatic carbocycles. The number of hydrogen-bond donors (Lipinski definition) is 0. The largest absolute Gasteiger partial charge is 0.619 e. The predicted octanol–water partition coefficient (Wildman–Crippen LogP) is 1.28. The number of hydrogen-bond acceptors (Lipinski definition) is 1. The molecule has 0 atom stereocenters. The second kappa shape index (κ2) is 2.23. The molecule has 48 valence electrons. The van der Waals surface area contributed by atoms with Gasteiger partial charge in [-0.05, 0) is 6.92 Å². The van der Waals surface area contributed by atoms with E-state index >= 15 is 0 Å². The average molecular weight is 146 g/mol. The van der Waals surface area contributed by atoms with Crippen LogP contribution in [0.15, 0.2) is 18.4 Å². The molecule has 0 spiro atoms. The average Bonchev–Trinajstić information content (AvgIpc) is 1.97. The second-order valence-corrected chi connectivity index (χ2v) is 2.06. The molecule has 0 saturated heterocycles. The van der Waals surface area contributed by atoms with E-state index in [9.17, 15) is 5.21 Å². The molecule has 0 unspecified atom stereocenters. The maximum atomic E-state index is 10.8. The zero-order valence-electron chi connectivity index (χ0n) is 6.81. The molecular weight excluding hydrogens is 138 g/mol. The van der Waals surface area contributed by atoms with Gasteiger partial charge in [0.15, 0.2) is 12.3 Å². The Balaban J connectivity index is 3.46. The molecule has 0 N–H and O–H groups in total. The van der Waals surface area contributed by atoms with Gasteiger partial charge in [-0.25, -0.2) is 0 Å². The lowest BCUT2D eigenvalue weighted by Crippen LogP contribution is -2.24. The molecule has 1 aromatic rings. The normalized spacial score (nSPS) is 12.7. The maximum Gasteiger partial charge on any atom is 0.184 e. The zero-order chi connectivity index (χ0) is 8.59. The smallest absolute Gasteiger partial charge is 0.184 e. The standard InChI is InChI=1S/C6H6ClNO/c1-5-4-8(9)3-2-6(5)7/h2-4H,1H3/i3D,4D. The number of pyridine rings is 1. The Bertz CT molecular complexity index is 277. The number of halogens is 1. The lowest BCUT2D eigenvalue weighted by molar-refractivity contribution is -0.605. The van der Waals surface area contributed by atoms with Crippen molar-refractivity contribution >= 4 is 11.6 Å². The molecule has 3 heteroatoms. The van der Waals surface area contributed by atoms with Crippen LogP contribution in [0.4, 0.5) is 0 Å². The van der Waals surface area contributed by atoms with Crippen LogP contribution in [0, 0.1) is 12.1 Å². The summed E-state index contributed by atoms with van der Waals surface area (Å²) >= 11 is 5.60. The number of rotatable bonds is 0. The Morgan fingerprint density at radius 1 is 1.89 bits per heavy atom. The molecule has 0 fully saturated rings. The predicted molar refractivity (Wildman–Crippen MR) is 35.1 cm³/mol. The van der Waals surface area contributed by atoms with E-state index in [4.69, 9.17) is 14.3 Å². The molecule has 0 amide bonds. The molecule has 1 heterocycles. The quantitative estimate of drug-likeness (QED) is 0.399. The van der Waals surface area contributed by atoms with Gasteiger partial charge in [-0.1, -0.05) is 11.6 Å². The molecule has 1 aromatic heterocycles. The highest BCUT2D eigenvalue weighted by atomic mass is 35.5. The Hall–Kier alpha value is -0.760. The number of nitrogens with zero attached hydrogens (tertiary/aromatic N) is 1. The van der Waals surface area contributed by atoms with Crippen molar-refractivity contribution in [3.63, 3.8) is 0 Å². The summed E-state index contributed by atoms with van der Waals surface area (Å²) in [4.78, 5) is 0. The van der Waals surface area contributed by atoms with Crippen molar-refractivity contribution in [2.45, 2.75) is 6.92 Å². The molecule has 0 aliphatic rings. The van der Waals surface area contributed by atoms with Gasteiger partial charge in [-0.3, -0.25) is 0 Å². The summed E-state index contributed by atoms with van der Waals surface area (Å²) in [6, 6.07) is 1.22. The van der Waals surface area contributed by atoms with Gasteiger partial charge in [0.05, 0.1) is 5.02 Å². The minimum absolute atomic E-state index is 0.223. The highest BCUT2D eigenvalue weighted by Gasteiger charge is 1.95. The van der Waals surface area contributed by atoms with Crippen LogP contribution in [0.2, 0.25) is 5.02 Å². The van der Waals surface area contributed by atoms with Crippen LogP contribution >= 0.6 is 11.6 Å². The second-order valence-electron chi connectivity index (χ2n) is 1.65. The van der Waals surface area contributed by atoms with Crippen LogP contribution in [0.3, 0.4) is 0 Å². The van der Waals surface area contributed by atoms with Gasteiger partial charge in [0.2, 0.25) is 0 Å². The first kappa shape index (κ1) is 4.12. The van der Waals surface area contributed by atoms with Gasteiger partial charge in [-0.2, -0.15) is 4.73 Å². The Morgan fingerprint density at radius 2 is 2.56 bits per heavy atom. The molecule has 0 aliphatic heterocycles. The van der Waals surface area contributed by atoms with E-state index in [1.165, 1.54) is 6.07 Å². The lowest BCUT2D eigenvalue weighted by atomic mass is 10.3. The fourth-order valence-corrected chi connectivity index (χ4v) is 0.553. The van der Waals surface area contributed by atoms with Crippen molar-refractivity contribution in [2.75, 3.05) is 0 Å². The Labute approximate surface area is 61.1 Å².